The first-order valence-corrected chi connectivity index (χ1v) is 5.63. The van der Waals surface area contributed by atoms with Gasteiger partial charge in [-0.1, -0.05) is 11.3 Å². The second-order valence-electron chi connectivity index (χ2n) is 3.44. The molecule has 0 aromatic carbocycles. The average molecular weight is 253 g/mol. The van der Waals surface area contributed by atoms with Crippen molar-refractivity contribution >= 4 is 22.4 Å². The molecule has 8 nitrogen and oxygen atoms in total. The van der Waals surface area contributed by atoms with Gasteiger partial charge in [-0.25, -0.2) is 0 Å². The van der Waals surface area contributed by atoms with Crippen molar-refractivity contribution in [3.63, 3.8) is 0 Å². The highest BCUT2D eigenvalue weighted by Gasteiger charge is 2.18. The average Bonchev–Trinajstić information content (AvgIpc) is 2.86. The van der Waals surface area contributed by atoms with Crippen LogP contribution in [0.5, 0.6) is 0 Å². The lowest BCUT2D eigenvalue weighted by atomic mass is 10.3. The van der Waals surface area contributed by atoms with Crippen LogP contribution in [0.4, 0.5) is 5.13 Å². The lowest BCUT2D eigenvalue weighted by Crippen LogP contribution is -2.28. The van der Waals surface area contributed by atoms with E-state index in [4.69, 9.17) is 5.73 Å². The molecular weight excluding hydrogens is 242 g/mol. The molecule has 2 aromatic rings. The van der Waals surface area contributed by atoms with E-state index in [1.807, 2.05) is 6.92 Å². The van der Waals surface area contributed by atoms with Crippen LogP contribution in [0.2, 0.25) is 0 Å². The second kappa shape index (κ2) is 4.45. The number of amides is 1. The molecule has 1 unspecified atom stereocenters. The summed E-state index contributed by atoms with van der Waals surface area (Å²) in [5.41, 5.74) is 5.40. The monoisotopic (exact) mass is 253 g/mol. The van der Waals surface area contributed by atoms with Crippen LogP contribution in [0.25, 0.3) is 0 Å². The highest BCUT2D eigenvalue weighted by Crippen LogP contribution is 2.13. The Hall–Kier alpha value is -2.03. The third kappa shape index (κ3) is 2.38. The quantitative estimate of drug-likeness (QED) is 0.779. The van der Waals surface area contributed by atoms with Gasteiger partial charge in [0, 0.05) is 7.05 Å². The van der Waals surface area contributed by atoms with E-state index in [9.17, 15) is 4.79 Å². The molecule has 0 aliphatic rings. The van der Waals surface area contributed by atoms with Crippen LogP contribution in [0, 0.1) is 0 Å². The summed E-state index contributed by atoms with van der Waals surface area (Å²) in [6.07, 6.45) is 1.57. The van der Waals surface area contributed by atoms with E-state index < -0.39 is 0 Å². The number of carbonyl (C=O) groups is 1. The Bertz CT molecular complexity index is 533. The lowest BCUT2D eigenvalue weighted by Gasteiger charge is -2.11. The zero-order valence-electron chi connectivity index (χ0n) is 9.28. The van der Waals surface area contributed by atoms with Crippen molar-refractivity contribution in [1.82, 2.24) is 30.3 Å². The van der Waals surface area contributed by atoms with Gasteiger partial charge < -0.3 is 15.6 Å². The molecule has 1 atom stereocenters. The molecule has 0 spiro atoms. The van der Waals surface area contributed by atoms with Crippen LogP contribution in [0.15, 0.2) is 6.33 Å². The van der Waals surface area contributed by atoms with Crippen molar-refractivity contribution in [3.05, 3.63) is 17.2 Å². The number of nitrogen functional groups attached to an aromatic ring is 1. The van der Waals surface area contributed by atoms with Gasteiger partial charge in [-0.15, -0.1) is 20.4 Å². The summed E-state index contributed by atoms with van der Waals surface area (Å²) in [5, 5.41) is 18.1. The van der Waals surface area contributed by atoms with E-state index in [0.29, 0.717) is 5.82 Å². The minimum atomic E-state index is -0.324. The molecule has 0 aliphatic carbocycles. The molecule has 0 saturated carbocycles. The summed E-state index contributed by atoms with van der Waals surface area (Å²) in [5.74, 6) is 0.338. The van der Waals surface area contributed by atoms with Crippen molar-refractivity contribution in [2.45, 2.75) is 13.0 Å². The Morgan fingerprint density at radius 3 is 2.82 bits per heavy atom. The van der Waals surface area contributed by atoms with Gasteiger partial charge in [0.1, 0.15) is 6.33 Å². The van der Waals surface area contributed by atoms with Gasteiger partial charge in [-0.3, -0.25) is 4.79 Å². The Kier molecular flexibility index (Phi) is 3.00. The smallest absolute Gasteiger partial charge is 0.282 e. The first-order chi connectivity index (χ1) is 8.08. The molecular formula is C8H11N7OS. The van der Waals surface area contributed by atoms with E-state index >= 15 is 0 Å². The molecule has 1 amide bonds. The SMILES string of the molecule is CC(NC(=O)c1nnc(N)s1)c1nncn1C. The molecule has 0 bridgehead atoms. The third-order valence-corrected chi connectivity index (χ3v) is 2.87. The second-order valence-corrected chi connectivity index (χ2v) is 4.45. The predicted molar refractivity (Wildman–Crippen MR) is 61.2 cm³/mol. The highest BCUT2D eigenvalue weighted by molar-refractivity contribution is 7.16. The van der Waals surface area contributed by atoms with Crippen LogP contribution in [0.3, 0.4) is 0 Å². The Labute approximate surface area is 101 Å². The third-order valence-electron chi connectivity index (χ3n) is 2.12. The number of aryl methyl sites for hydroxylation is 1. The fraction of sp³-hybridized carbons (Fsp3) is 0.375. The number of aromatic nitrogens is 5. The number of hydrogen-bond donors (Lipinski definition) is 2. The predicted octanol–water partition coefficient (Wildman–Crippen LogP) is -0.260. The first-order valence-electron chi connectivity index (χ1n) is 4.81. The molecule has 9 heteroatoms. The largest absolute Gasteiger partial charge is 0.374 e. The minimum Gasteiger partial charge on any atom is -0.374 e. The molecule has 0 saturated heterocycles. The molecule has 2 aromatic heterocycles. The standard InChI is InChI=1S/C8H11N7OS/c1-4(5-12-10-3-15(5)2)11-6(16)7-13-14-8(9)17-7/h3-4H,1-2H3,(H2,9,14)(H,11,16). The number of nitrogens with one attached hydrogen (secondary N) is 1. The summed E-state index contributed by atoms with van der Waals surface area (Å²) in [4.78, 5) is 11.8. The van der Waals surface area contributed by atoms with Crippen molar-refractivity contribution in [1.29, 1.82) is 0 Å². The summed E-state index contributed by atoms with van der Waals surface area (Å²) in [7, 11) is 1.81. The molecule has 0 radical (unpaired) electrons. The summed E-state index contributed by atoms with van der Waals surface area (Å²) in [6.45, 7) is 1.81. The molecule has 2 heterocycles. The van der Waals surface area contributed by atoms with Crippen molar-refractivity contribution < 1.29 is 4.79 Å². The van der Waals surface area contributed by atoms with Crippen LogP contribution in [-0.2, 0) is 7.05 Å². The van der Waals surface area contributed by atoms with E-state index in [0.717, 1.165) is 11.3 Å². The zero-order chi connectivity index (χ0) is 12.4. The van der Waals surface area contributed by atoms with Crippen LogP contribution in [-0.4, -0.2) is 30.9 Å². The summed E-state index contributed by atoms with van der Waals surface area (Å²) < 4.78 is 1.74. The van der Waals surface area contributed by atoms with Gasteiger partial charge in [0.2, 0.25) is 10.1 Å². The summed E-state index contributed by atoms with van der Waals surface area (Å²) in [6, 6.07) is -0.264. The number of carbonyl (C=O) groups excluding carboxylic acids is 1. The van der Waals surface area contributed by atoms with Gasteiger partial charge in [-0.05, 0) is 6.92 Å². The maximum absolute atomic E-state index is 11.8. The first kappa shape index (κ1) is 11.5. The van der Waals surface area contributed by atoms with Crippen LogP contribution in [0.1, 0.15) is 28.6 Å². The van der Waals surface area contributed by atoms with Crippen LogP contribution < -0.4 is 11.1 Å². The molecule has 17 heavy (non-hydrogen) atoms. The van der Waals surface area contributed by atoms with Crippen LogP contribution >= 0.6 is 11.3 Å². The van der Waals surface area contributed by atoms with Gasteiger partial charge in [0.15, 0.2) is 5.82 Å². The van der Waals surface area contributed by atoms with Gasteiger partial charge in [-0.2, -0.15) is 0 Å². The van der Waals surface area contributed by atoms with Gasteiger partial charge in [0.25, 0.3) is 5.91 Å². The van der Waals surface area contributed by atoms with Gasteiger partial charge >= 0.3 is 0 Å². The van der Waals surface area contributed by atoms with Crippen molar-refractivity contribution in [3.8, 4) is 0 Å². The maximum Gasteiger partial charge on any atom is 0.282 e. The van der Waals surface area contributed by atoms with E-state index in [1.165, 1.54) is 0 Å². The van der Waals surface area contributed by atoms with E-state index in [-0.39, 0.29) is 22.1 Å². The minimum absolute atomic E-state index is 0.233. The molecule has 2 rings (SSSR count). The van der Waals surface area contributed by atoms with Crippen molar-refractivity contribution in [2.75, 3.05) is 5.73 Å². The topological polar surface area (TPSA) is 112 Å². The highest BCUT2D eigenvalue weighted by atomic mass is 32.1. The zero-order valence-corrected chi connectivity index (χ0v) is 10.1. The number of anilines is 1. The number of rotatable bonds is 3. The van der Waals surface area contributed by atoms with Crippen molar-refractivity contribution in [2.24, 2.45) is 7.05 Å². The fourth-order valence-electron chi connectivity index (χ4n) is 1.33. The molecule has 3 N–H and O–H groups in total. The maximum atomic E-state index is 11.8. The lowest BCUT2D eigenvalue weighted by molar-refractivity contribution is 0.0936. The Morgan fingerprint density at radius 1 is 1.53 bits per heavy atom. The number of nitrogens with zero attached hydrogens (tertiary/aromatic N) is 5. The molecule has 0 aliphatic heterocycles. The van der Waals surface area contributed by atoms with E-state index in [1.54, 1.807) is 17.9 Å². The van der Waals surface area contributed by atoms with Gasteiger partial charge in [0.05, 0.1) is 6.04 Å². The van der Waals surface area contributed by atoms with E-state index in [2.05, 4.69) is 25.7 Å². The fourth-order valence-corrected chi connectivity index (χ4v) is 1.85. The Balaban J connectivity index is 2.07. The Morgan fingerprint density at radius 2 is 2.29 bits per heavy atom. The molecule has 0 fully saturated rings. The number of hydrogen-bond acceptors (Lipinski definition) is 7. The number of nitrogens with two attached hydrogens (primary N) is 1. The summed E-state index contributed by atoms with van der Waals surface area (Å²) >= 11 is 1.04. The molecule has 90 valence electrons. The normalized spacial score (nSPS) is 12.4.